The molecule has 0 radical (unpaired) electrons. The van der Waals surface area contributed by atoms with Crippen LogP contribution in [0.4, 0.5) is 0 Å². The highest BCUT2D eigenvalue weighted by Crippen LogP contribution is 2.31. The molecule has 0 unspecified atom stereocenters. The Hall–Kier alpha value is -0.540. The van der Waals surface area contributed by atoms with Gasteiger partial charge >= 0.3 is 0 Å². The first-order chi connectivity index (χ1) is 7.56. The highest BCUT2D eigenvalue weighted by molar-refractivity contribution is 7.12. The number of benzene rings is 1. The quantitative estimate of drug-likeness (QED) is 0.857. The second kappa shape index (κ2) is 4.76. The number of thiophene rings is 1. The Bertz CT molecular complexity index is 487. The summed E-state index contributed by atoms with van der Waals surface area (Å²) < 4.78 is 0. The Morgan fingerprint density at radius 3 is 2.25 bits per heavy atom. The first-order valence-electron chi connectivity index (χ1n) is 4.76. The number of rotatable bonds is 2. The molecule has 4 heteroatoms. The Balaban J connectivity index is 2.37. The molecular formula is C12H10Cl2OS. The minimum absolute atomic E-state index is 0.537. The molecular weight excluding hydrogens is 263 g/mol. The van der Waals surface area contributed by atoms with Crippen molar-refractivity contribution >= 4 is 34.5 Å². The summed E-state index contributed by atoms with van der Waals surface area (Å²) in [6, 6.07) is 9.01. The van der Waals surface area contributed by atoms with Crippen LogP contribution in [0.2, 0.25) is 10.0 Å². The minimum atomic E-state index is -0.658. The molecule has 0 bridgehead atoms. The van der Waals surface area contributed by atoms with Crippen molar-refractivity contribution in [2.75, 3.05) is 0 Å². The summed E-state index contributed by atoms with van der Waals surface area (Å²) in [5.74, 6) is 0. The molecule has 0 saturated carbocycles. The van der Waals surface area contributed by atoms with Crippen LogP contribution in [0.25, 0.3) is 0 Å². The summed E-state index contributed by atoms with van der Waals surface area (Å²) in [5, 5.41) is 11.2. The lowest BCUT2D eigenvalue weighted by atomic mass is 10.1. The number of hydrogen-bond donors (Lipinski definition) is 1. The minimum Gasteiger partial charge on any atom is -0.383 e. The molecule has 1 aromatic carbocycles. The van der Waals surface area contributed by atoms with Gasteiger partial charge in [-0.25, -0.2) is 0 Å². The van der Waals surface area contributed by atoms with Gasteiger partial charge in [-0.2, -0.15) is 0 Å². The van der Waals surface area contributed by atoms with Gasteiger partial charge in [0, 0.05) is 19.8 Å². The molecule has 1 heterocycles. The highest BCUT2D eigenvalue weighted by Gasteiger charge is 2.13. The van der Waals surface area contributed by atoms with E-state index in [1.165, 1.54) is 4.88 Å². The molecule has 2 rings (SSSR count). The summed E-state index contributed by atoms with van der Waals surface area (Å²) >= 11 is 13.4. The van der Waals surface area contributed by atoms with Crippen LogP contribution in [0.3, 0.4) is 0 Å². The average Bonchev–Trinajstić information content (AvgIpc) is 2.62. The lowest BCUT2D eigenvalue weighted by Crippen LogP contribution is -1.96. The fourth-order valence-electron chi connectivity index (χ4n) is 1.50. The van der Waals surface area contributed by atoms with Crippen LogP contribution in [0.5, 0.6) is 0 Å². The van der Waals surface area contributed by atoms with E-state index in [0.717, 1.165) is 10.4 Å². The van der Waals surface area contributed by atoms with Gasteiger partial charge < -0.3 is 5.11 Å². The van der Waals surface area contributed by atoms with Crippen LogP contribution in [-0.4, -0.2) is 5.11 Å². The summed E-state index contributed by atoms with van der Waals surface area (Å²) in [5.41, 5.74) is 0.722. The SMILES string of the molecule is Cc1ccc([C@@H](O)c2cc(Cl)cc(Cl)c2)s1. The molecule has 1 aromatic heterocycles. The van der Waals surface area contributed by atoms with Gasteiger partial charge in [-0.1, -0.05) is 23.2 Å². The molecule has 1 atom stereocenters. The monoisotopic (exact) mass is 272 g/mol. The maximum Gasteiger partial charge on any atom is 0.113 e. The topological polar surface area (TPSA) is 20.2 Å². The third-order valence-corrected chi connectivity index (χ3v) is 3.72. The zero-order chi connectivity index (χ0) is 11.7. The van der Waals surface area contributed by atoms with E-state index in [-0.39, 0.29) is 0 Å². The number of aryl methyl sites for hydroxylation is 1. The van der Waals surface area contributed by atoms with E-state index in [1.807, 2.05) is 19.1 Å². The van der Waals surface area contributed by atoms with E-state index in [4.69, 9.17) is 23.2 Å². The zero-order valence-electron chi connectivity index (χ0n) is 8.58. The van der Waals surface area contributed by atoms with Crippen molar-refractivity contribution in [3.8, 4) is 0 Å². The summed E-state index contributed by atoms with van der Waals surface area (Å²) in [6.45, 7) is 2.01. The van der Waals surface area contributed by atoms with E-state index in [9.17, 15) is 5.11 Å². The van der Waals surface area contributed by atoms with Gasteiger partial charge in [0.15, 0.2) is 0 Å². The second-order valence-electron chi connectivity index (χ2n) is 3.55. The fourth-order valence-corrected chi connectivity index (χ4v) is 2.93. The molecule has 84 valence electrons. The van der Waals surface area contributed by atoms with E-state index in [2.05, 4.69) is 0 Å². The van der Waals surface area contributed by atoms with Crippen LogP contribution >= 0.6 is 34.5 Å². The standard InChI is InChI=1S/C12H10Cl2OS/c1-7-2-3-11(16-7)12(15)8-4-9(13)6-10(14)5-8/h2-6,12,15H,1H3/t12-/m0/s1. The zero-order valence-corrected chi connectivity index (χ0v) is 10.9. The number of aliphatic hydroxyl groups excluding tert-OH is 1. The van der Waals surface area contributed by atoms with Gasteiger partial charge in [0.05, 0.1) is 0 Å². The third-order valence-electron chi connectivity index (χ3n) is 2.23. The molecule has 16 heavy (non-hydrogen) atoms. The average molecular weight is 273 g/mol. The van der Waals surface area contributed by atoms with Gasteiger partial charge in [0.2, 0.25) is 0 Å². The first-order valence-corrected chi connectivity index (χ1v) is 6.34. The maximum atomic E-state index is 10.1. The fraction of sp³-hybridized carbons (Fsp3) is 0.167. The van der Waals surface area contributed by atoms with Gasteiger partial charge in [-0.3, -0.25) is 0 Å². The lowest BCUT2D eigenvalue weighted by molar-refractivity contribution is 0.224. The highest BCUT2D eigenvalue weighted by atomic mass is 35.5. The van der Waals surface area contributed by atoms with E-state index >= 15 is 0 Å². The van der Waals surface area contributed by atoms with Crippen molar-refractivity contribution in [2.24, 2.45) is 0 Å². The molecule has 0 fully saturated rings. The van der Waals surface area contributed by atoms with Crippen LogP contribution in [0.1, 0.15) is 21.4 Å². The molecule has 2 aromatic rings. The smallest absolute Gasteiger partial charge is 0.113 e. The Kier molecular flexibility index (Phi) is 3.55. The summed E-state index contributed by atoms with van der Waals surface area (Å²) in [6.07, 6.45) is -0.658. The Morgan fingerprint density at radius 2 is 1.75 bits per heavy atom. The molecule has 0 spiro atoms. The largest absolute Gasteiger partial charge is 0.383 e. The second-order valence-corrected chi connectivity index (χ2v) is 5.75. The third kappa shape index (κ3) is 2.58. The first kappa shape index (κ1) is 11.9. The number of hydrogen-bond acceptors (Lipinski definition) is 2. The van der Waals surface area contributed by atoms with E-state index in [1.54, 1.807) is 29.5 Å². The van der Waals surface area contributed by atoms with Crippen molar-refractivity contribution in [3.63, 3.8) is 0 Å². The van der Waals surface area contributed by atoms with Crippen LogP contribution in [-0.2, 0) is 0 Å². The van der Waals surface area contributed by atoms with Gasteiger partial charge in [-0.15, -0.1) is 11.3 Å². The summed E-state index contributed by atoms with van der Waals surface area (Å²) in [7, 11) is 0. The van der Waals surface area contributed by atoms with Crippen molar-refractivity contribution in [2.45, 2.75) is 13.0 Å². The van der Waals surface area contributed by atoms with E-state index in [0.29, 0.717) is 10.0 Å². The molecule has 1 nitrogen and oxygen atoms in total. The van der Waals surface area contributed by atoms with Gasteiger partial charge in [0.1, 0.15) is 6.10 Å². The molecule has 1 N–H and O–H groups in total. The predicted molar refractivity (Wildman–Crippen MR) is 69.6 cm³/mol. The maximum absolute atomic E-state index is 10.1. The van der Waals surface area contributed by atoms with Crippen LogP contribution in [0.15, 0.2) is 30.3 Å². The lowest BCUT2D eigenvalue weighted by Gasteiger charge is -2.09. The molecule has 0 saturated heterocycles. The predicted octanol–water partition coefficient (Wildman–Crippen LogP) is 4.45. The number of halogens is 2. The molecule has 0 aliphatic rings. The van der Waals surface area contributed by atoms with Crippen LogP contribution in [0, 0.1) is 6.92 Å². The Labute approximate surface area is 108 Å². The van der Waals surface area contributed by atoms with Crippen molar-refractivity contribution in [1.82, 2.24) is 0 Å². The molecule has 0 amide bonds. The van der Waals surface area contributed by atoms with Crippen molar-refractivity contribution in [3.05, 3.63) is 55.7 Å². The van der Waals surface area contributed by atoms with E-state index < -0.39 is 6.10 Å². The molecule has 0 aliphatic heterocycles. The van der Waals surface area contributed by atoms with Gasteiger partial charge in [0.25, 0.3) is 0 Å². The van der Waals surface area contributed by atoms with Crippen LogP contribution < -0.4 is 0 Å². The number of aliphatic hydroxyl groups is 1. The van der Waals surface area contributed by atoms with Crippen molar-refractivity contribution < 1.29 is 5.11 Å². The van der Waals surface area contributed by atoms with Crippen molar-refractivity contribution in [1.29, 1.82) is 0 Å². The molecule has 0 aliphatic carbocycles. The normalized spacial score (nSPS) is 12.8. The summed E-state index contributed by atoms with van der Waals surface area (Å²) in [4.78, 5) is 2.07. The van der Waals surface area contributed by atoms with Gasteiger partial charge in [-0.05, 0) is 42.8 Å². The Morgan fingerprint density at radius 1 is 1.12 bits per heavy atom.